The molecule has 0 aliphatic carbocycles. The third-order valence-electron chi connectivity index (χ3n) is 4.70. The first-order chi connectivity index (χ1) is 14.6. The SMILES string of the molecule is CCCN(c1ccc(Nc2nnc(-c3cc(C(N)=O)cs3)o2)cc1)N1CCOCC1. The number of thiophene rings is 1. The summed E-state index contributed by atoms with van der Waals surface area (Å²) in [4.78, 5) is 11.9. The van der Waals surface area contributed by atoms with Crippen molar-refractivity contribution in [3.63, 3.8) is 0 Å². The zero-order chi connectivity index (χ0) is 20.9. The number of hydrogen-bond donors (Lipinski definition) is 2. The Kier molecular flexibility index (Phi) is 6.26. The minimum absolute atomic E-state index is 0.283. The number of nitrogens with one attached hydrogen (secondary N) is 1. The summed E-state index contributed by atoms with van der Waals surface area (Å²) in [5.74, 6) is -0.141. The van der Waals surface area contributed by atoms with Gasteiger partial charge in [-0.2, -0.15) is 0 Å². The molecule has 30 heavy (non-hydrogen) atoms. The van der Waals surface area contributed by atoms with E-state index in [4.69, 9.17) is 14.9 Å². The van der Waals surface area contributed by atoms with Crippen molar-refractivity contribution in [3.05, 3.63) is 41.3 Å². The lowest BCUT2D eigenvalue weighted by Gasteiger charge is -2.38. The molecule has 0 unspecified atom stereocenters. The van der Waals surface area contributed by atoms with Crippen LogP contribution in [0.4, 0.5) is 17.4 Å². The lowest BCUT2D eigenvalue weighted by atomic mass is 10.2. The number of nitrogens with zero attached hydrogens (tertiary/aromatic N) is 4. The molecule has 1 saturated heterocycles. The van der Waals surface area contributed by atoms with Crippen molar-refractivity contribution in [1.82, 2.24) is 15.2 Å². The number of amides is 1. The summed E-state index contributed by atoms with van der Waals surface area (Å²) in [7, 11) is 0. The monoisotopic (exact) mass is 428 g/mol. The highest BCUT2D eigenvalue weighted by atomic mass is 32.1. The highest BCUT2D eigenvalue weighted by Crippen LogP contribution is 2.28. The van der Waals surface area contributed by atoms with Crippen molar-refractivity contribution in [2.24, 2.45) is 5.73 Å². The summed E-state index contributed by atoms with van der Waals surface area (Å²) in [6.45, 7) is 6.43. The minimum atomic E-state index is -0.482. The van der Waals surface area contributed by atoms with Gasteiger partial charge in [-0.05, 0) is 36.8 Å². The number of carbonyl (C=O) groups is 1. The lowest BCUT2D eigenvalue weighted by molar-refractivity contribution is 0.0316. The maximum absolute atomic E-state index is 11.2. The van der Waals surface area contributed by atoms with E-state index < -0.39 is 5.91 Å². The molecule has 3 N–H and O–H groups in total. The molecular weight excluding hydrogens is 404 g/mol. The van der Waals surface area contributed by atoms with E-state index >= 15 is 0 Å². The van der Waals surface area contributed by atoms with Crippen molar-refractivity contribution in [1.29, 1.82) is 0 Å². The largest absolute Gasteiger partial charge is 0.402 e. The molecule has 2 aromatic heterocycles. The van der Waals surface area contributed by atoms with Crippen molar-refractivity contribution in [2.45, 2.75) is 13.3 Å². The molecule has 0 radical (unpaired) electrons. The quantitative estimate of drug-likeness (QED) is 0.563. The van der Waals surface area contributed by atoms with Crippen molar-refractivity contribution in [3.8, 4) is 10.8 Å². The van der Waals surface area contributed by atoms with Gasteiger partial charge in [-0.15, -0.1) is 16.4 Å². The van der Waals surface area contributed by atoms with Gasteiger partial charge < -0.3 is 25.2 Å². The standard InChI is InChI=1S/C20H24N6O3S/c1-2-7-26(25-8-10-28-11-9-25)16-5-3-15(4-6-16)22-20-24-23-19(29-20)17-12-14(13-30-17)18(21)27/h3-6,12-13H,2,7-11H2,1H3,(H2,21,27)(H,22,24). The molecule has 9 nitrogen and oxygen atoms in total. The Bertz CT molecular complexity index is 981. The predicted molar refractivity (Wildman–Crippen MR) is 116 cm³/mol. The first-order valence-electron chi connectivity index (χ1n) is 9.83. The molecule has 1 amide bonds. The van der Waals surface area contributed by atoms with Crippen LogP contribution in [0.25, 0.3) is 10.8 Å². The summed E-state index contributed by atoms with van der Waals surface area (Å²) in [5, 5.41) is 17.5. The van der Waals surface area contributed by atoms with Gasteiger partial charge in [0.05, 0.1) is 29.3 Å². The fourth-order valence-electron chi connectivity index (χ4n) is 3.23. The molecule has 0 spiro atoms. The lowest BCUT2D eigenvalue weighted by Crippen LogP contribution is -2.49. The van der Waals surface area contributed by atoms with E-state index in [0.717, 1.165) is 50.6 Å². The Morgan fingerprint density at radius 3 is 2.70 bits per heavy atom. The van der Waals surface area contributed by atoms with E-state index in [1.807, 2.05) is 12.1 Å². The molecule has 10 heteroatoms. The van der Waals surface area contributed by atoms with Crippen LogP contribution in [-0.2, 0) is 4.74 Å². The average molecular weight is 429 g/mol. The van der Waals surface area contributed by atoms with E-state index in [1.54, 1.807) is 11.4 Å². The Morgan fingerprint density at radius 2 is 2.03 bits per heavy atom. The van der Waals surface area contributed by atoms with Gasteiger partial charge in [-0.25, -0.2) is 5.01 Å². The third kappa shape index (κ3) is 4.61. The van der Waals surface area contributed by atoms with Crippen LogP contribution >= 0.6 is 11.3 Å². The minimum Gasteiger partial charge on any atom is -0.402 e. The second-order valence-electron chi connectivity index (χ2n) is 6.84. The number of primary amides is 1. The zero-order valence-electron chi connectivity index (χ0n) is 16.7. The van der Waals surface area contributed by atoms with Crippen molar-refractivity contribution in [2.75, 3.05) is 43.2 Å². The number of hydrogen-bond acceptors (Lipinski definition) is 9. The zero-order valence-corrected chi connectivity index (χ0v) is 17.5. The first-order valence-corrected chi connectivity index (χ1v) is 10.7. The van der Waals surface area contributed by atoms with Crippen LogP contribution < -0.4 is 16.1 Å². The first kappa shape index (κ1) is 20.3. The Hall–Kier alpha value is -2.95. The highest BCUT2D eigenvalue weighted by molar-refractivity contribution is 7.13. The molecule has 3 aromatic rings. The van der Waals surface area contributed by atoms with Gasteiger partial charge in [-0.1, -0.05) is 12.0 Å². The second kappa shape index (κ2) is 9.24. The van der Waals surface area contributed by atoms with E-state index in [0.29, 0.717) is 16.3 Å². The summed E-state index contributed by atoms with van der Waals surface area (Å²) >= 11 is 1.33. The van der Waals surface area contributed by atoms with E-state index in [2.05, 4.69) is 44.6 Å². The number of aromatic nitrogens is 2. The van der Waals surface area contributed by atoms with Gasteiger partial charge in [-0.3, -0.25) is 4.79 Å². The van der Waals surface area contributed by atoms with Gasteiger partial charge in [0.25, 0.3) is 5.89 Å². The van der Waals surface area contributed by atoms with E-state index in [9.17, 15) is 4.79 Å². The maximum Gasteiger partial charge on any atom is 0.320 e. The van der Waals surface area contributed by atoms with Crippen LogP contribution in [0.15, 0.2) is 40.1 Å². The van der Waals surface area contributed by atoms with Crippen LogP contribution in [-0.4, -0.2) is 54.0 Å². The number of rotatable bonds is 8. The number of nitrogens with two attached hydrogens (primary N) is 1. The summed E-state index contributed by atoms with van der Waals surface area (Å²) in [5.41, 5.74) is 7.69. The molecule has 0 atom stereocenters. The van der Waals surface area contributed by atoms with Crippen LogP contribution in [0.3, 0.4) is 0 Å². The average Bonchev–Trinajstić information content (AvgIpc) is 3.43. The Balaban J connectivity index is 1.44. The molecule has 0 bridgehead atoms. The molecule has 158 valence electrons. The molecule has 1 aromatic carbocycles. The second-order valence-corrected chi connectivity index (χ2v) is 7.75. The van der Waals surface area contributed by atoms with Crippen molar-refractivity contribution >= 4 is 34.6 Å². The van der Waals surface area contributed by atoms with E-state index in [-0.39, 0.29) is 6.01 Å². The van der Waals surface area contributed by atoms with Crippen molar-refractivity contribution < 1.29 is 13.9 Å². The smallest absolute Gasteiger partial charge is 0.320 e. The number of anilines is 3. The normalized spacial score (nSPS) is 14.6. The topological polar surface area (TPSA) is 110 Å². The number of ether oxygens (including phenoxy) is 1. The van der Waals surface area contributed by atoms with Gasteiger partial charge in [0.15, 0.2) is 0 Å². The maximum atomic E-state index is 11.2. The van der Waals surface area contributed by atoms with Gasteiger partial charge >= 0.3 is 6.01 Å². The molecule has 1 aliphatic heterocycles. The van der Waals surface area contributed by atoms with Crippen LogP contribution in [0.1, 0.15) is 23.7 Å². The van der Waals surface area contributed by atoms with Gasteiger partial charge in [0.2, 0.25) is 5.91 Å². The Morgan fingerprint density at radius 1 is 1.27 bits per heavy atom. The fraction of sp³-hybridized carbons (Fsp3) is 0.350. The third-order valence-corrected chi connectivity index (χ3v) is 5.62. The molecule has 4 rings (SSSR count). The number of carbonyl (C=O) groups excluding carboxylic acids is 1. The molecule has 0 saturated carbocycles. The molecule has 3 heterocycles. The molecular formula is C20H24N6O3S. The van der Waals surface area contributed by atoms with Crippen LogP contribution in [0, 0.1) is 0 Å². The summed E-state index contributed by atoms with van der Waals surface area (Å²) in [6.07, 6.45) is 1.06. The van der Waals surface area contributed by atoms with Crippen LogP contribution in [0.5, 0.6) is 0 Å². The number of morpholine rings is 1. The van der Waals surface area contributed by atoms with Crippen LogP contribution in [0.2, 0.25) is 0 Å². The predicted octanol–water partition coefficient (Wildman–Crippen LogP) is 3.10. The highest BCUT2D eigenvalue weighted by Gasteiger charge is 2.18. The number of hydrazine groups is 1. The summed E-state index contributed by atoms with van der Waals surface area (Å²) < 4.78 is 11.1. The molecule has 1 aliphatic rings. The number of benzene rings is 1. The van der Waals surface area contributed by atoms with Gasteiger partial charge in [0.1, 0.15) is 0 Å². The summed E-state index contributed by atoms with van der Waals surface area (Å²) in [6, 6.07) is 10.0. The fourth-order valence-corrected chi connectivity index (χ4v) is 4.05. The molecule has 1 fully saturated rings. The van der Waals surface area contributed by atoms with E-state index in [1.165, 1.54) is 11.3 Å². The Labute approximate surface area is 178 Å². The van der Waals surface area contributed by atoms with Gasteiger partial charge in [0, 0.05) is 30.7 Å².